The summed E-state index contributed by atoms with van der Waals surface area (Å²) in [5.74, 6) is -0.955. The van der Waals surface area contributed by atoms with Crippen LogP contribution in [-0.4, -0.2) is 20.6 Å². The Hall–Kier alpha value is -2.43. The van der Waals surface area contributed by atoms with Gasteiger partial charge in [0.1, 0.15) is 0 Å². The molecule has 0 aliphatic rings. The first-order chi connectivity index (χ1) is 8.58. The van der Waals surface area contributed by atoms with Crippen molar-refractivity contribution in [3.63, 3.8) is 0 Å². The van der Waals surface area contributed by atoms with Gasteiger partial charge in [-0.1, -0.05) is 6.07 Å². The SMILES string of the molecule is Cc1cc(C(=O)O)ccc1Cn1cccnc1=O. The van der Waals surface area contributed by atoms with E-state index in [9.17, 15) is 9.59 Å². The molecule has 1 aromatic carbocycles. The van der Waals surface area contributed by atoms with Crippen molar-refractivity contribution >= 4 is 5.97 Å². The Morgan fingerprint density at radius 3 is 2.83 bits per heavy atom. The molecular weight excluding hydrogens is 232 g/mol. The van der Waals surface area contributed by atoms with E-state index in [2.05, 4.69) is 4.98 Å². The van der Waals surface area contributed by atoms with Crippen LogP contribution in [0, 0.1) is 6.92 Å². The highest BCUT2D eigenvalue weighted by molar-refractivity contribution is 5.87. The van der Waals surface area contributed by atoms with E-state index >= 15 is 0 Å². The molecule has 5 heteroatoms. The van der Waals surface area contributed by atoms with Crippen LogP contribution in [0.15, 0.2) is 41.5 Å². The molecule has 0 bridgehead atoms. The van der Waals surface area contributed by atoms with E-state index in [4.69, 9.17) is 5.11 Å². The lowest BCUT2D eigenvalue weighted by Crippen LogP contribution is -2.22. The van der Waals surface area contributed by atoms with Gasteiger partial charge >= 0.3 is 11.7 Å². The minimum absolute atomic E-state index is 0.245. The summed E-state index contributed by atoms with van der Waals surface area (Å²) in [4.78, 5) is 25.9. The third kappa shape index (κ3) is 2.45. The molecule has 1 heterocycles. The van der Waals surface area contributed by atoms with Crippen LogP contribution >= 0.6 is 0 Å². The lowest BCUT2D eigenvalue weighted by atomic mass is 10.1. The molecule has 0 aliphatic carbocycles. The Morgan fingerprint density at radius 2 is 2.22 bits per heavy atom. The Kier molecular flexibility index (Phi) is 3.23. The molecule has 2 aromatic rings. The molecule has 1 N–H and O–H groups in total. The fraction of sp³-hybridized carbons (Fsp3) is 0.154. The van der Waals surface area contributed by atoms with Crippen molar-refractivity contribution in [2.24, 2.45) is 0 Å². The summed E-state index contributed by atoms with van der Waals surface area (Å²) < 4.78 is 1.47. The predicted octanol–water partition coefficient (Wildman–Crippen LogP) is 1.30. The second-order valence-corrected chi connectivity index (χ2v) is 3.98. The minimum atomic E-state index is -0.955. The molecule has 0 saturated carbocycles. The Morgan fingerprint density at radius 1 is 1.44 bits per heavy atom. The van der Waals surface area contributed by atoms with Gasteiger partial charge in [-0.3, -0.25) is 4.57 Å². The van der Waals surface area contributed by atoms with Gasteiger partial charge in [-0.05, 0) is 36.2 Å². The lowest BCUT2D eigenvalue weighted by molar-refractivity contribution is 0.0697. The number of carbonyl (C=O) groups is 1. The van der Waals surface area contributed by atoms with Crippen LogP contribution < -0.4 is 5.69 Å². The number of aromatic carboxylic acids is 1. The van der Waals surface area contributed by atoms with Crippen LogP contribution in [0.2, 0.25) is 0 Å². The molecule has 18 heavy (non-hydrogen) atoms. The van der Waals surface area contributed by atoms with Crippen molar-refractivity contribution in [2.75, 3.05) is 0 Å². The van der Waals surface area contributed by atoms with Gasteiger partial charge in [0.25, 0.3) is 0 Å². The van der Waals surface area contributed by atoms with Crippen LogP contribution in [0.25, 0.3) is 0 Å². The maximum atomic E-state index is 11.5. The molecule has 5 nitrogen and oxygen atoms in total. The molecule has 1 aromatic heterocycles. The van der Waals surface area contributed by atoms with Gasteiger partial charge in [0, 0.05) is 12.4 Å². The van der Waals surface area contributed by atoms with E-state index in [0.717, 1.165) is 11.1 Å². The monoisotopic (exact) mass is 244 g/mol. The van der Waals surface area contributed by atoms with Crippen LogP contribution in [0.5, 0.6) is 0 Å². The number of nitrogens with zero attached hydrogens (tertiary/aromatic N) is 2. The number of hydrogen-bond donors (Lipinski definition) is 1. The predicted molar refractivity (Wildman–Crippen MR) is 65.7 cm³/mol. The third-order valence-electron chi connectivity index (χ3n) is 2.71. The fourth-order valence-electron chi connectivity index (χ4n) is 1.70. The molecule has 0 atom stereocenters. The van der Waals surface area contributed by atoms with Crippen LogP contribution in [-0.2, 0) is 6.54 Å². The van der Waals surface area contributed by atoms with Crippen LogP contribution in [0.1, 0.15) is 21.5 Å². The first kappa shape index (κ1) is 12.0. The quantitative estimate of drug-likeness (QED) is 0.883. The summed E-state index contributed by atoms with van der Waals surface area (Å²) in [6.07, 6.45) is 3.10. The third-order valence-corrected chi connectivity index (χ3v) is 2.71. The average Bonchev–Trinajstić information content (AvgIpc) is 2.34. The molecule has 92 valence electrons. The zero-order valence-electron chi connectivity index (χ0n) is 9.83. The zero-order chi connectivity index (χ0) is 13.1. The number of carboxylic acid groups (broad SMARTS) is 1. The molecule has 0 aliphatic heterocycles. The van der Waals surface area contributed by atoms with Gasteiger partial charge in [0.05, 0.1) is 12.1 Å². The summed E-state index contributed by atoms with van der Waals surface area (Å²) >= 11 is 0. The first-order valence-corrected chi connectivity index (χ1v) is 5.42. The molecule has 0 saturated heterocycles. The molecule has 0 radical (unpaired) electrons. The van der Waals surface area contributed by atoms with Crippen LogP contribution in [0.3, 0.4) is 0 Å². The molecule has 0 fully saturated rings. The highest BCUT2D eigenvalue weighted by Gasteiger charge is 2.06. The normalized spacial score (nSPS) is 10.3. The minimum Gasteiger partial charge on any atom is -0.478 e. The zero-order valence-corrected chi connectivity index (χ0v) is 9.83. The van der Waals surface area contributed by atoms with Crippen molar-refractivity contribution in [3.05, 3.63) is 63.8 Å². The molecular formula is C13H12N2O3. The first-order valence-electron chi connectivity index (χ1n) is 5.42. The van der Waals surface area contributed by atoms with E-state index in [1.165, 1.54) is 16.8 Å². The maximum Gasteiger partial charge on any atom is 0.347 e. The van der Waals surface area contributed by atoms with Crippen molar-refractivity contribution < 1.29 is 9.90 Å². The van der Waals surface area contributed by atoms with Gasteiger partial charge in [0.2, 0.25) is 0 Å². The summed E-state index contributed by atoms with van der Waals surface area (Å²) in [6.45, 7) is 2.21. The average molecular weight is 244 g/mol. The van der Waals surface area contributed by atoms with Crippen molar-refractivity contribution in [3.8, 4) is 0 Å². The van der Waals surface area contributed by atoms with Gasteiger partial charge < -0.3 is 5.11 Å². The summed E-state index contributed by atoms with van der Waals surface area (Å²) in [6, 6.07) is 6.53. The highest BCUT2D eigenvalue weighted by Crippen LogP contribution is 2.12. The van der Waals surface area contributed by atoms with Crippen molar-refractivity contribution in [1.82, 2.24) is 9.55 Å². The van der Waals surface area contributed by atoms with Gasteiger partial charge in [-0.2, -0.15) is 0 Å². The summed E-state index contributed by atoms with van der Waals surface area (Å²) in [5, 5.41) is 8.87. The van der Waals surface area contributed by atoms with E-state index < -0.39 is 5.97 Å². The summed E-state index contributed by atoms with van der Waals surface area (Å²) in [7, 11) is 0. The topological polar surface area (TPSA) is 72.2 Å². The molecule has 2 rings (SSSR count). The number of hydrogen-bond acceptors (Lipinski definition) is 3. The number of carboxylic acids is 1. The van der Waals surface area contributed by atoms with Gasteiger partial charge in [-0.15, -0.1) is 0 Å². The molecule has 0 unspecified atom stereocenters. The van der Waals surface area contributed by atoms with E-state index in [-0.39, 0.29) is 11.3 Å². The smallest absolute Gasteiger partial charge is 0.347 e. The number of aromatic nitrogens is 2. The highest BCUT2D eigenvalue weighted by atomic mass is 16.4. The Labute approximate surface area is 103 Å². The van der Waals surface area contributed by atoms with Gasteiger partial charge in [0.15, 0.2) is 0 Å². The van der Waals surface area contributed by atoms with Crippen molar-refractivity contribution in [1.29, 1.82) is 0 Å². The Balaban J connectivity index is 2.33. The fourth-order valence-corrected chi connectivity index (χ4v) is 1.70. The standard InChI is InChI=1S/C13H12N2O3/c1-9-7-10(12(16)17)3-4-11(9)8-15-6-2-5-14-13(15)18/h2-7H,8H2,1H3,(H,16,17). The lowest BCUT2D eigenvalue weighted by Gasteiger charge is -2.08. The van der Waals surface area contributed by atoms with Crippen molar-refractivity contribution in [2.45, 2.75) is 13.5 Å². The summed E-state index contributed by atoms with van der Waals surface area (Å²) in [5.41, 5.74) is 1.66. The largest absolute Gasteiger partial charge is 0.478 e. The molecule has 0 amide bonds. The van der Waals surface area contributed by atoms with E-state index in [1.807, 2.05) is 6.92 Å². The van der Waals surface area contributed by atoms with E-state index in [0.29, 0.717) is 6.54 Å². The Bertz CT molecular complexity index is 647. The van der Waals surface area contributed by atoms with Crippen LogP contribution in [0.4, 0.5) is 0 Å². The van der Waals surface area contributed by atoms with Gasteiger partial charge in [-0.25, -0.2) is 14.6 Å². The second-order valence-electron chi connectivity index (χ2n) is 3.98. The number of benzene rings is 1. The second kappa shape index (κ2) is 4.83. The maximum absolute atomic E-state index is 11.5. The number of rotatable bonds is 3. The molecule has 0 spiro atoms. The number of aryl methyl sites for hydroxylation is 1. The van der Waals surface area contributed by atoms with E-state index in [1.54, 1.807) is 24.4 Å².